The minimum Gasteiger partial charge on any atom is -0.469 e. The number of ether oxygens (including phenoxy) is 1. The molecule has 2 aromatic heterocycles. The van der Waals surface area contributed by atoms with Crippen LogP contribution in [0, 0.1) is 16.7 Å². The van der Waals surface area contributed by atoms with E-state index in [2.05, 4.69) is 22.0 Å². The van der Waals surface area contributed by atoms with Crippen molar-refractivity contribution in [1.82, 2.24) is 14.8 Å². The quantitative estimate of drug-likeness (QED) is 0.410. The first-order chi connectivity index (χ1) is 17.8. The number of methoxy groups -OCH3 is 1. The van der Waals surface area contributed by atoms with Gasteiger partial charge in [-0.15, -0.1) is 0 Å². The summed E-state index contributed by atoms with van der Waals surface area (Å²) < 4.78 is 6.55. The number of nitrogens with zero attached hydrogens (tertiary/aromatic N) is 5. The van der Waals surface area contributed by atoms with Gasteiger partial charge in [0, 0.05) is 24.1 Å². The molecule has 0 atom stereocenters. The third kappa shape index (κ3) is 4.36. The summed E-state index contributed by atoms with van der Waals surface area (Å²) in [6.45, 7) is 4.79. The molecule has 5 rings (SSSR count). The normalized spacial score (nSPS) is 15.8. The van der Waals surface area contributed by atoms with Crippen LogP contribution in [0.1, 0.15) is 44.9 Å². The molecule has 3 aromatic rings. The Hall–Kier alpha value is -4.78. The Bertz CT molecular complexity index is 1460. The van der Waals surface area contributed by atoms with Crippen LogP contribution in [-0.2, 0) is 22.5 Å². The maximum Gasteiger partial charge on any atom is 0.312 e. The SMILES string of the molecule is C=C1CC(Cc2ccc(N3CCn4ncc(C(=O)Nc5ccnc(C#N)c5)c4C3=O)cc2)(C(=O)OC)C1. The van der Waals surface area contributed by atoms with Gasteiger partial charge in [-0.2, -0.15) is 10.4 Å². The van der Waals surface area contributed by atoms with Gasteiger partial charge in [-0.3, -0.25) is 19.1 Å². The smallest absolute Gasteiger partial charge is 0.312 e. The summed E-state index contributed by atoms with van der Waals surface area (Å²) in [5.41, 5.74) is 3.01. The van der Waals surface area contributed by atoms with Crippen LogP contribution >= 0.6 is 0 Å². The molecule has 3 heterocycles. The first-order valence-electron chi connectivity index (χ1n) is 11.7. The number of hydrogen-bond donors (Lipinski definition) is 1. The van der Waals surface area contributed by atoms with Gasteiger partial charge in [0.15, 0.2) is 0 Å². The summed E-state index contributed by atoms with van der Waals surface area (Å²) in [6, 6.07) is 12.4. The number of carbonyl (C=O) groups excluding carboxylic acids is 3. The molecule has 10 heteroatoms. The number of aromatic nitrogens is 3. The van der Waals surface area contributed by atoms with Crippen molar-refractivity contribution in [3.63, 3.8) is 0 Å². The maximum atomic E-state index is 13.5. The Labute approximate surface area is 213 Å². The number of hydrogen-bond acceptors (Lipinski definition) is 7. The molecule has 0 saturated heterocycles. The minimum absolute atomic E-state index is 0.145. The summed E-state index contributed by atoms with van der Waals surface area (Å²) >= 11 is 0. The summed E-state index contributed by atoms with van der Waals surface area (Å²) in [4.78, 5) is 44.3. The van der Waals surface area contributed by atoms with Gasteiger partial charge in [-0.1, -0.05) is 24.3 Å². The van der Waals surface area contributed by atoms with Crippen molar-refractivity contribution in [2.24, 2.45) is 5.41 Å². The Morgan fingerprint density at radius 2 is 1.97 bits per heavy atom. The van der Waals surface area contributed by atoms with E-state index in [9.17, 15) is 14.4 Å². The Morgan fingerprint density at radius 1 is 1.22 bits per heavy atom. The monoisotopic (exact) mass is 496 g/mol. The number of nitriles is 1. The highest BCUT2D eigenvalue weighted by Gasteiger charge is 2.47. The van der Waals surface area contributed by atoms with E-state index >= 15 is 0 Å². The van der Waals surface area contributed by atoms with E-state index in [0.717, 1.165) is 11.1 Å². The summed E-state index contributed by atoms with van der Waals surface area (Å²) in [6.07, 6.45) is 4.55. The van der Waals surface area contributed by atoms with Crippen molar-refractivity contribution >= 4 is 29.2 Å². The average molecular weight is 497 g/mol. The lowest BCUT2D eigenvalue weighted by Crippen LogP contribution is -2.42. The van der Waals surface area contributed by atoms with Crippen LogP contribution in [-0.4, -0.2) is 46.2 Å². The maximum absolute atomic E-state index is 13.5. The Balaban J connectivity index is 1.33. The van der Waals surface area contributed by atoms with Gasteiger partial charge in [0.25, 0.3) is 11.8 Å². The number of anilines is 2. The zero-order valence-corrected chi connectivity index (χ0v) is 20.2. The third-order valence-corrected chi connectivity index (χ3v) is 6.79. The van der Waals surface area contributed by atoms with Gasteiger partial charge in [-0.25, -0.2) is 4.98 Å². The first kappa shape index (κ1) is 23.9. The number of allylic oxidation sites excluding steroid dienone is 1. The highest BCUT2D eigenvalue weighted by atomic mass is 16.5. The van der Waals surface area contributed by atoms with Crippen molar-refractivity contribution in [3.8, 4) is 6.07 Å². The molecule has 0 spiro atoms. The van der Waals surface area contributed by atoms with Crippen LogP contribution in [0.25, 0.3) is 0 Å². The lowest BCUT2D eigenvalue weighted by molar-refractivity contribution is -0.155. The standard InChI is InChI=1S/C27H24N6O4/c1-17-12-27(13-17,26(36)37-2)14-18-3-5-21(6-4-18)32-9-10-33-23(25(32)35)22(16-30-33)24(34)31-19-7-8-29-20(11-19)15-28/h3-8,11,16H,1,9-10,12-14H2,2H3,(H,29,31,34). The molecule has 1 aromatic carbocycles. The number of carbonyl (C=O) groups is 3. The van der Waals surface area contributed by atoms with E-state index < -0.39 is 11.3 Å². The largest absolute Gasteiger partial charge is 0.469 e. The van der Waals surface area contributed by atoms with Crippen LogP contribution in [0.2, 0.25) is 0 Å². The summed E-state index contributed by atoms with van der Waals surface area (Å²) in [5, 5.41) is 16.0. The topological polar surface area (TPSA) is 130 Å². The molecule has 186 valence electrons. The fourth-order valence-corrected chi connectivity index (χ4v) is 5.03. The Morgan fingerprint density at radius 3 is 2.65 bits per heavy atom. The molecule has 1 N–H and O–H groups in total. The van der Waals surface area contributed by atoms with Gasteiger partial charge in [0.1, 0.15) is 17.5 Å². The molecule has 0 radical (unpaired) electrons. The zero-order chi connectivity index (χ0) is 26.2. The highest BCUT2D eigenvalue weighted by molar-refractivity contribution is 6.15. The van der Waals surface area contributed by atoms with E-state index in [-0.39, 0.29) is 28.8 Å². The van der Waals surface area contributed by atoms with Crippen LogP contribution in [0.4, 0.5) is 11.4 Å². The molecule has 1 saturated carbocycles. The molecule has 10 nitrogen and oxygen atoms in total. The van der Waals surface area contributed by atoms with Crippen molar-refractivity contribution < 1.29 is 19.1 Å². The second kappa shape index (κ2) is 9.35. The molecule has 37 heavy (non-hydrogen) atoms. The lowest BCUT2D eigenvalue weighted by Gasteiger charge is -2.41. The molecule has 1 aliphatic carbocycles. The third-order valence-electron chi connectivity index (χ3n) is 6.79. The summed E-state index contributed by atoms with van der Waals surface area (Å²) in [5.74, 6) is -1.07. The van der Waals surface area contributed by atoms with E-state index in [1.807, 2.05) is 30.3 Å². The highest BCUT2D eigenvalue weighted by Crippen LogP contribution is 2.47. The number of benzene rings is 1. The number of fused-ring (bicyclic) bond motifs is 1. The van der Waals surface area contributed by atoms with Crippen LogP contribution in [0.3, 0.4) is 0 Å². The van der Waals surface area contributed by atoms with E-state index in [1.54, 1.807) is 11.0 Å². The molecule has 0 bridgehead atoms. The molecular formula is C27H24N6O4. The molecule has 2 aliphatic rings. The predicted octanol–water partition coefficient (Wildman–Crippen LogP) is 3.11. The van der Waals surface area contributed by atoms with Gasteiger partial charge in [0.2, 0.25) is 0 Å². The minimum atomic E-state index is -0.578. The fraction of sp³-hybridized carbons (Fsp3) is 0.259. The number of esters is 1. The number of pyridine rings is 1. The van der Waals surface area contributed by atoms with Crippen LogP contribution in [0.15, 0.2) is 60.9 Å². The van der Waals surface area contributed by atoms with Gasteiger partial charge < -0.3 is 15.0 Å². The van der Waals surface area contributed by atoms with Gasteiger partial charge >= 0.3 is 5.97 Å². The average Bonchev–Trinajstić information content (AvgIpc) is 3.33. The van der Waals surface area contributed by atoms with E-state index in [4.69, 9.17) is 10.00 Å². The zero-order valence-electron chi connectivity index (χ0n) is 20.2. The van der Waals surface area contributed by atoms with E-state index in [1.165, 1.54) is 30.3 Å². The predicted molar refractivity (Wildman–Crippen MR) is 134 cm³/mol. The molecule has 1 aliphatic heterocycles. The van der Waals surface area contributed by atoms with Gasteiger partial charge in [0.05, 0.1) is 30.8 Å². The molecule has 1 fully saturated rings. The molecular weight excluding hydrogens is 472 g/mol. The molecule has 0 unspecified atom stereocenters. The van der Waals surface area contributed by atoms with Crippen molar-refractivity contribution in [2.75, 3.05) is 23.9 Å². The number of amides is 2. The first-order valence-corrected chi connectivity index (χ1v) is 11.7. The van der Waals surface area contributed by atoms with Crippen LogP contribution in [0.5, 0.6) is 0 Å². The van der Waals surface area contributed by atoms with E-state index in [0.29, 0.717) is 43.7 Å². The summed E-state index contributed by atoms with van der Waals surface area (Å²) in [7, 11) is 1.40. The number of nitrogens with one attached hydrogen (secondary N) is 1. The lowest BCUT2D eigenvalue weighted by atomic mass is 9.63. The van der Waals surface area contributed by atoms with Crippen molar-refractivity contribution in [1.29, 1.82) is 5.26 Å². The second-order valence-electron chi connectivity index (χ2n) is 9.30. The van der Waals surface area contributed by atoms with Gasteiger partial charge in [-0.05, 0) is 49.1 Å². The van der Waals surface area contributed by atoms with Crippen molar-refractivity contribution in [3.05, 3.63) is 83.5 Å². The van der Waals surface area contributed by atoms with Crippen molar-refractivity contribution in [2.45, 2.75) is 25.8 Å². The molecule has 2 amide bonds. The fourth-order valence-electron chi connectivity index (χ4n) is 5.03. The number of rotatable bonds is 6. The van der Waals surface area contributed by atoms with Crippen LogP contribution < -0.4 is 10.2 Å². The Kier molecular flexibility index (Phi) is 6.05. The second-order valence-corrected chi connectivity index (χ2v) is 9.30.